The zero-order chi connectivity index (χ0) is 13.8. The second-order valence-electron chi connectivity index (χ2n) is 4.38. The Kier molecular flexibility index (Phi) is 3.85. The summed E-state index contributed by atoms with van der Waals surface area (Å²) in [5.41, 5.74) is 8.27. The molecule has 1 amide bonds. The van der Waals surface area contributed by atoms with Crippen LogP contribution in [0.2, 0.25) is 0 Å². The zero-order valence-corrected chi connectivity index (χ0v) is 11.2. The zero-order valence-electron chi connectivity index (χ0n) is 11.2. The van der Waals surface area contributed by atoms with Gasteiger partial charge < -0.3 is 16.0 Å². The summed E-state index contributed by atoms with van der Waals surface area (Å²) in [6, 6.07) is 7.56. The lowest BCUT2D eigenvalue weighted by molar-refractivity contribution is -0.119. The Morgan fingerprint density at radius 1 is 1.42 bits per heavy atom. The van der Waals surface area contributed by atoms with Crippen molar-refractivity contribution >= 4 is 28.2 Å². The average molecular weight is 258 g/mol. The standard InChI is InChI=1S/C14H18N4O/c1-3-16-13(19)9-18(2)12-7-8-17-14-10(12)5-4-6-11(14)15/h4-8H,3,9,15H2,1-2H3,(H,16,19). The second kappa shape index (κ2) is 5.56. The first kappa shape index (κ1) is 13.1. The summed E-state index contributed by atoms with van der Waals surface area (Å²) in [7, 11) is 1.88. The fourth-order valence-electron chi connectivity index (χ4n) is 2.07. The first-order valence-corrected chi connectivity index (χ1v) is 6.24. The van der Waals surface area contributed by atoms with Crippen molar-refractivity contribution in [3.63, 3.8) is 0 Å². The molecule has 3 N–H and O–H groups in total. The fourth-order valence-corrected chi connectivity index (χ4v) is 2.07. The highest BCUT2D eigenvalue weighted by Crippen LogP contribution is 2.27. The molecule has 0 saturated carbocycles. The third-order valence-electron chi connectivity index (χ3n) is 2.95. The molecule has 0 bridgehead atoms. The van der Waals surface area contributed by atoms with Crippen LogP contribution in [0.15, 0.2) is 30.5 Å². The van der Waals surface area contributed by atoms with E-state index >= 15 is 0 Å². The lowest BCUT2D eigenvalue weighted by Gasteiger charge is -2.20. The molecule has 0 atom stereocenters. The van der Waals surface area contributed by atoms with E-state index in [1.807, 2.05) is 43.1 Å². The van der Waals surface area contributed by atoms with Crippen molar-refractivity contribution in [1.82, 2.24) is 10.3 Å². The van der Waals surface area contributed by atoms with Crippen molar-refractivity contribution < 1.29 is 4.79 Å². The van der Waals surface area contributed by atoms with Crippen molar-refractivity contribution in [3.8, 4) is 0 Å². The molecular weight excluding hydrogens is 240 g/mol. The van der Waals surface area contributed by atoms with Gasteiger partial charge in [0.2, 0.25) is 5.91 Å². The number of carbonyl (C=O) groups is 1. The van der Waals surface area contributed by atoms with Crippen LogP contribution in [0, 0.1) is 0 Å². The van der Waals surface area contributed by atoms with Crippen molar-refractivity contribution in [2.24, 2.45) is 0 Å². The molecule has 0 aliphatic carbocycles. The molecule has 1 heterocycles. The molecule has 0 unspecified atom stereocenters. The van der Waals surface area contributed by atoms with Crippen molar-refractivity contribution in [1.29, 1.82) is 0 Å². The number of carbonyl (C=O) groups excluding carboxylic acids is 1. The van der Waals surface area contributed by atoms with Crippen LogP contribution in [-0.4, -0.2) is 31.0 Å². The van der Waals surface area contributed by atoms with E-state index in [4.69, 9.17) is 5.73 Å². The van der Waals surface area contributed by atoms with Gasteiger partial charge in [0, 0.05) is 30.9 Å². The molecule has 2 rings (SSSR count). The van der Waals surface area contributed by atoms with E-state index in [0.29, 0.717) is 18.8 Å². The molecule has 2 aromatic rings. The van der Waals surface area contributed by atoms with Crippen molar-refractivity contribution in [2.45, 2.75) is 6.92 Å². The first-order valence-electron chi connectivity index (χ1n) is 6.24. The monoisotopic (exact) mass is 258 g/mol. The number of nitrogen functional groups attached to an aromatic ring is 1. The van der Waals surface area contributed by atoms with Gasteiger partial charge >= 0.3 is 0 Å². The van der Waals surface area contributed by atoms with E-state index < -0.39 is 0 Å². The van der Waals surface area contributed by atoms with Gasteiger partial charge in [-0.05, 0) is 19.1 Å². The molecule has 19 heavy (non-hydrogen) atoms. The third kappa shape index (κ3) is 2.76. The van der Waals surface area contributed by atoms with Gasteiger partial charge in [0.1, 0.15) is 0 Å². The predicted octanol–water partition coefficient (Wildman–Crippen LogP) is 1.39. The lowest BCUT2D eigenvalue weighted by Crippen LogP contribution is -2.35. The SMILES string of the molecule is CCNC(=O)CN(C)c1ccnc2c(N)cccc12. The summed E-state index contributed by atoms with van der Waals surface area (Å²) in [6.07, 6.45) is 1.71. The Hall–Kier alpha value is -2.30. The summed E-state index contributed by atoms with van der Waals surface area (Å²) >= 11 is 0. The number of fused-ring (bicyclic) bond motifs is 1. The lowest BCUT2D eigenvalue weighted by atomic mass is 10.1. The Morgan fingerprint density at radius 3 is 2.95 bits per heavy atom. The molecule has 5 heteroatoms. The van der Waals surface area contributed by atoms with Crippen molar-refractivity contribution in [2.75, 3.05) is 30.8 Å². The smallest absolute Gasteiger partial charge is 0.239 e. The number of amides is 1. The summed E-state index contributed by atoms with van der Waals surface area (Å²) in [5.74, 6) is -0.00105. The minimum absolute atomic E-state index is 0.00105. The van der Waals surface area contributed by atoms with Gasteiger partial charge in [0.05, 0.1) is 17.7 Å². The number of nitrogens with two attached hydrogens (primary N) is 1. The second-order valence-corrected chi connectivity index (χ2v) is 4.38. The van der Waals surface area contributed by atoms with Gasteiger partial charge in [0.25, 0.3) is 0 Å². The van der Waals surface area contributed by atoms with E-state index in [1.54, 1.807) is 6.20 Å². The number of nitrogens with one attached hydrogen (secondary N) is 1. The van der Waals surface area contributed by atoms with Crippen LogP contribution < -0.4 is 16.0 Å². The van der Waals surface area contributed by atoms with E-state index in [0.717, 1.165) is 16.6 Å². The minimum Gasteiger partial charge on any atom is -0.397 e. The molecule has 0 saturated heterocycles. The highest BCUT2D eigenvalue weighted by atomic mass is 16.2. The molecule has 0 aliphatic heterocycles. The molecule has 100 valence electrons. The maximum Gasteiger partial charge on any atom is 0.239 e. The number of para-hydroxylation sites is 1. The van der Waals surface area contributed by atoms with Gasteiger partial charge in [-0.15, -0.1) is 0 Å². The average Bonchev–Trinajstić information content (AvgIpc) is 2.38. The Bertz CT molecular complexity index is 597. The molecule has 0 aliphatic rings. The maximum atomic E-state index is 11.6. The van der Waals surface area contributed by atoms with E-state index in [9.17, 15) is 4.79 Å². The van der Waals surface area contributed by atoms with Crippen LogP contribution in [0.4, 0.5) is 11.4 Å². The van der Waals surface area contributed by atoms with Gasteiger partial charge in [0.15, 0.2) is 0 Å². The van der Waals surface area contributed by atoms with Crippen LogP contribution in [0.5, 0.6) is 0 Å². The van der Waals surface area contributed by atoms with E-state index in [1.165, 1.54) is 0 Å². The molecule has 0 spiro atoms. The first-order chi connectivity index (χ1) is 9.13. The van der Waals surface area contributed by atoms with Crippen LogP contribution in [0.25, 0.3) is 10.9 Å². The largest absolute Gasteiger partial charge is 0.397 e. The Balaban J connectivity index is 2.34. The number of hydrogen-bond acceptors (Lipinski definition) is 4. The van der Waals surface area contributed by atoms with Gasteiger partial charge in [-0.1, -0.05) is 12.1 Å². The van der Waals surface area contributed by atoms with Crippen molar-refractivity contribution in [3.05, 3.63) is 30.5 Å². The number of benzene rings is 1. The number of anilines is 2. The number of likely N-dealkylation sites (N-methyl/N-ethyl adjacent to an activating group) is 2. The quantitative estimate of drug-likeness (QED) is 0.813. The van der Waals surface area contributed by atoms with E-state index in [-0.39, 0.29) is 5.91 Å². The highest BCUT2D eigenvalue weighted by molar-refractivity contribution is 5.98. The van der Waals surface area contributed by atoms with Gasteiger partial charge in [-0.3, -0.25) is 9.78 Å². The summed E-state index contributed by atoms with van der Waals surface area (Å²) in [4.78, 5) is 17.8. The molecule has 0 fully saturated rings. The van der Waals surface area contributed by atoms with Gasteiger partial charge in [-0.2, -0.15) is 0 Å². The minimum atomic E-state index is -0.00105. The third-order valence-corrected chi connectivity index (χ3v) is 2.95. The number of nitrogens with zero attached hydrogens (tertiary/aromatic N) is 2. The number of pyridine rings is 1. The van der Waals surface area contributed by atoms with Gasteiger partial charge in [-0.25, -0.2) is 0 Å². The summed E-state index contributed by atoms with van der Waals surface area (Å²) < 4.78 is 0. The van der Waals surface area contributed by atoms with Crippen LogP contribution >= 0.6 is 0 Å². The summed E-state index contributed by atoms with van der Waals surface area (Å²) in [5, 5.41) is 3.74. The number of rotatable bonds is 4. The van der Waals surface area contributed by atoms with Crippen LogP contribution in [0.3, 0.4) is 0 Å². The Labute approximate surface area is 112 Å². The Morgan fingerprint density at radius 2 is 2.21 bits per heavy atom. The molecule has 1 aromatic heterocycles. The molecular formula is C14H18N4O. The maximum absolute atomic E-state index is 11.6. The summed E-state index contributed by atoms with van der Waals surface area (Å²) in [6.45, 7) is 2.85. The van der Waals surface area contributed by atoms with Crippen LogP contribution in [0.1, 0.15) is 6.92 Å². The molecule has 0 radical (unpaired) electrons. The number of aromatic nitrogens is 1. The van der Waals surface area contributed by atoms with E-state index in [2.05, 4.69) is 10.3 Å². The normalized spacial score (nSPS) is 10.4. The molecule has 1 aromatic carbocycles. The van der Waals surface area contributed by atoms with Crippen LogP contribution in [-0.2, 0) is 4.79 Å². The fraction of sp³-hybridized carbons (Fsp3) is 0.286. The predicted molar refractivity (Wildman–Crippen MR) is 78.1 cm³/mol. The number of hydrogen-bond donors (Lipinski definition) is 2. The highest BCUT2D eigenvalue weighted by Gasteiger charge is 2.11. The molecule has 5 nitrogen and oxygen atoms in total. The topological polar surface area (TPSA) is 71.2 Å².